The topological polar surface area (TPSA) is 29.9 Å². The van der Waals surface area contributed by atoms with Gasteiger partial charge in [0.05, 0.1) is 11.4 Å². The number of hydrogen-bond acceptors (Lipinski definition) is 2. The molecular formula is C21H23N3. The number of benzene rings is 2. The average Bonchev–Trinajstić information content (AvgIpc) is 2.96. The van der Waals surface area contributed by atoms with Crippen molar-refractivity contribution in [3.05, 3.63) is 70.4 Å². The van der Waals surface area contributed by atoms with Crippen LogP contribution in [0.4, 0.5) is 5.69 Å². The van der Waals surface area contributed by atoms with Gasteiger partial charge in [-0.15, -0.1) is 0 Å². The molecule has 1 aromatic heterocycles. The van der Waals surface area contributed by atoms with Gasteiger partial charge in [0.15, 0.2) is 0 Å². The van der Waals surface area contributed by atoms with Crippen LogP contribution in [0.5, 0.6) is 0 Å². The van der Waals surface area contributed by atoms with Crippen LogP contribution in [-0.2, 0) is 6.42 Å². The molecule has 0 fully saturated rings. The molecule has 1 aliphatic heterocycles. The minimum absolute atomic E-state index is 0.0357. The molecule has 2 heterocycles. The van der Waals surface area contributed by atoms with Crippen molar-refractivity contribution in [1.29, 1.82) is 0 Å². The van der Waals surface area contributed by atoms with Crippen LogP contribution in [0, 0.1) is 20.8 Å². The van der Waals surface area contributed by atoms with Gasteiger partial charge in [-0.3, -0.25) is 0 Å². The second-order valence-electron chi connectivity index (χ2n) is 6.76. The molecule has 0 saturated carbocycles. The first-order valence-corrected chi connectivity index (χ1v) is 8.60. The van der Waals surface area contributed by atoms with E-state index in [-0.39, 0.29) is 6.17 Å². The zero-order valence-electron chi connectivity index (χ0n) is 14.7. The predicted octanol–water partition coefficient (Wildman–Crippen LogP) is 5.01. The SMILES string of the molecule is CCc1ccc(C2Nc3c(C)cc(C)cc3-c3cc(C)nn32)cc1. The lowest BCUT2D eigenvalue weighted by Gasteiger charge is -2.31. The van der Waals surface area contributed by atoms with Gasteiger partial charge in [-0.25, -0.2) is 4.68 Å². The summed E-state index contributed by atoms with van der Waals surface area (Å²) >= 11 is 0. The lowest BCUT2D eigenvalue weighted by molar-refractivity contribution is 0.570. The molecule has 1 unspecified atom stereocenters. The van der Waals surface area contributed by atoms with E-state index < -0.39 is 0 Å². The standard InChI is InChI=1S/C21H23N3/c1-5-16-6-8-17(9-7-16)21-22-20-14(3)10-13(2)11-18(20)19-12-15(4)23-24(19)21/h6-12,21-22H,5H2,1-4H3. The Balaban J connectivity index is 1.88. The number of nitrogens with zero attached hydrogens (tertiary/aromatic N) is 2. The van der Waals surface area contributed by atoms with Crippen molar-refractivity contribution >= 4 is 5.69 Å². The van der Waals surface area contributed by atoms with Crippen LogP contribution in [0.2, 0.25) is 0 Å². The van der Waals surface area contributed by atoms with Gasteiger partial charge in [-0.2, -0.15) is 5.10 Å². The van der Waals surface area contributed by atoms with E-state index >= 15 is 0 Å². The summed E-state index contributed by atoms with van der Waals surface area (Å²) in [5, 5.41) is 8.48. The van der Waals surface area contributed by atoms with Crippen LogP contribution in [0.25, 0.3) is 11.3 Å². The lowest BCUT2D eigenvalue weighted by Crippen LogP contribution is -2.26. The maximum atomic E-state index is 4.76. The Hall–Kier alpha value is -2.55. The number of anilines is 1. The number of hydrogen-bond donors (Lipinski definition) is 1. The summed E-state index contributed by atoms with van der Waals surface area (Å²) in [6, 6.07) is 15.5. The molecule has 1 N–H and O–H groups in total. The summed E-state index contributed by atoms with van der Waals surface area (Å²) in [6.07, 6.45) is 1.10. The van der Waals surface area contributed by atoms with E-state index in [0.717, 1.165) is 12.1 Å². The highest BCUT2D eigenvalue weighted by Crippen LogP contribution is 2.40. The van der Waals surface area contributed by atoms with Crippen LogP contribution in [-0.4, -0.2) is 9.78 Å². The van der Waals surface area contributed by atoms with Crippen LogP contribution in [0.3, 0.4) is 0 Å². The molecule has 4 rings (SSSR count). The molecule has 1 atom stereocenters. The second kappa shape index (κ2) is 5.52. The van der Waals surface area contributed by atoms with E-state index in [1.165, 1.54) is 39.2 Å². The maximum Gasteiger partial charge on any atom is 0.147 e. The molecule has 3 heteroatoms. The fourth-order valence-electron chi connectivity index (χ4n) is 3.63. The van der Waals surface area contributed by atoms with Gasteiger partial charge in [0, 0.05) is 11.3 Å². The first-order chi connectivity index (χ1) is 11.6. The summed E-state index contributed by atoms with van der Waals surface area (Å²) < 4.78 is 2.12. The quantitative estimate of drug-likeness (QED) is 0.720. The highest BCUT2D eigenvalue weighted by molar-refractivity contribution is 5.81. The summed E-state index contributed by atoms with van der Waals surface area (Å²) in [5.41, 5.74) is 9.87. The average molecular weight is 317 g/mol. The molecule has 24 heavy (non-hydrogen) atoms. The lowest BCUT2D eigenvalue weighted by atomic mass is 9.97. The zero-order valence-corrected chi connectivity index (χ0v) is 14.7. The maximum absolute atomic E-state index is 4.76. The Labute approximate surface area is 143 Å². The van der Waals surface area contributed by atoms with E-state index in [9.17, 15) is 0 Å². The first kappa shape index (κ1) is 15.0. The molecule has 122 valence electrons. The fourth-order valence-corrected chi connectivity index (χ4v) is 3.63. The van der Waals surface area contributed by atoms with E-state index in [2.05, 4.69) is 80.2 Å². The molecule has 1 aliphatic rings. The van der Waals surface area contributed by atoms with E-state index in [0.29, 0.717) is 0 Å². The molecule has 3 nitrogen and oxygen atoms in total. The molecule has 0 spiro atoms. The van der Waals surface area contributed by atoms with Gasteiger partial charge in [0.1, 0.15) is 6.17 Å². The molecule has 2 aromatic carbocycles. The predicted molar refractivity (Wildman–Crippen MR) is 99.5 cm³/mol. The second-order valence-corrected chi connectivity index (χ2v) is 6.76. The van der Waals surface area contributed by atoms with Crippen molar-refractivity contribution in [1.82, 2.24) is 9.78 Å². The highest BCUT2D eigenvalue weighted by Gasteiger charge is 2.27. The van der Waals surface area contributed by atoms with Crippen LogP contribution in [0.1, 0.15) is 41.0 Å². The number of fused-ring (bicyclic) bond motifs is 3. The first-order valence-electron chi connectivity index (χ1n) is 8.60. The van der Waals surface area contributed by atoms with E-state index in [1.807, 2.05) is 0 Å². The Morgan fingerprint density at radius 2 is 1.79 bits per heavy atom. The van der Waals surface area contributed by atoms with Gasteiger partial charge >= 0.3 is 0 Å². The number of rotatable bonds is 2. The van der Waals surface area contributed by atoms with Gasteiger partial charge in [0.25, 0.3) is 0 Å². The van der Waals surface area contributed by atoms with Crippen molar-refractivity contribution in [2.45, 2.75) is 40.3 Å². The summed E-state index contributed by atoms with van der Waals surface area (Å²) in [4.78, 5) is 0. The van der Waals surface area contributed by atoms with E-state index in [4.69, 9.17) is 5.10 Å². The van der Waals surface area contributed by atoms with Gasteiger partial charge in [-0.1, -0.05) is 42.8 Å². The normalized spacial score (nSPS) is 15.6. The third kappa shape index (κ3) is 2.32. The van der Waals surface area contributed by atoms with Crippen LogP contribution < -0.4 is 5.32 Å². The molecule has 3 aromatic rings. The van der Waals surface area contributed by atoms with Gasteiger partial charge in [-0.05, 0) is 56.0 Å². The molecule has 0 bridgehead atoms. The van der Waals surface area contributed by atoms with Crippen molar-refractivity contribution in [3.8, 4) is 11.3 Å². The summed E-state index contributed by atoms with van der Waals surface area (Å²) in [5.74, 6) is 0. The number of aryl methyl sites for hydroxylation is 4. The van der Waals surface area contributed by atoms with Gasteiger partial charge in [0.2, 0.25) is 0 Å². The van der Waals surface area contributed by atoms with Crippen molar-refractivity contribution in [3.63, 3.8) is 0 Å². The molecular weight excluding hydrogens is 294 g/mol. The monoisotopic (exact) mass is 317 g/mol. The number of aromatic nitrogens is 2. The number of nitrogens with one attached hydrogen (secondary N) is 1. The van der Waals surface area contributed by atoms with Crippen LogP contribution in [0.15, 0.2) is 42.5 Å². The fraction of sp³-hybridized carbons (Fsp3) is 0.286. The smallest absolute Gasteiger partial charge is 0.147 e. The third-order valence-electron chi connectivity index (χ3n) is 4.84. The van der Waals surface area contributed by atoms with Crippen LogP contribution >= 0.6 is 0 Å². The Kier molecular flexibility index (Phi) is 3.45. The largest absolute Gasteiger partial charge is 0.359 e. The molecule has 0 radical (unpaired) electrons. The Morgan fingerprint density at radius 1 is 1.04 bits per heavy atom. The summed E-state index contributed by atoms with van der Waals surface area (Å²) in [7, 11) is 0. The molecule has 0 aliphatic carbocycles. The minimum atomic E-state index is 0.0357. The third-order valence-corrected chi connectivity index (χ3v) is 4.84. The summed E-state index contributed by atoms with van der Waals surface area (Å²) in [6.45, 7) is 8.57. The molecule has 0 amide bonds. The van der Waals surface area contributed by atoms with Crippen molar-refractivity contribution in [2.24, 2.45) is 0 Å². The molecule has 0 saturated heterocycles. The van der Waals surface area contributed by atoms with Gasteiger partial charge < -0.3 is 5.32 Å². The van der Waals surface area contributed by atoms with E-state index in [1.54, 1.807) is 0 Å². The Morgan fingerprint density at radius 3 is 2.50 bits per heavy atom. The highest BCUT2D eigenvalue weighted by atomic mass is 15.4. The van der Waals surface area contributed by atoms with Crippen molar-refractivity contribution in [2.75, 3.05) is 5.32 Å². The zero-order chi connectivity index (χ0) is 16.8. The Bertz CT molecular complexity index is 904. The minimum Gasteiger partial charge on any atom is -0.359 e. The van der Waals surface area contributed by atoms with Crippen molar-refractivity contribution < 1.29 is 0 Å².